The van der Waals surface area contributed by atoms with Gasteiger partial charge in [0.1, 0.15) is 11.5 Å². The summed E-state index contributed by atoms with van der Waals surface area (Å²) in [6.07, 6.45) is 4.10. The van der Waals surface area contributed by atoms with E-state index in [1.54, 1.807) is 14.2 Å². The number of nitrogens with zero attached hydrogens (tertiary/aromatic N) is 1. The molecular formula is C16H25NO3. The lowest BCUT2D eigenvalue weighted by Crippen LogP contribution is -2.38. The Kier molecular flexibility index (Phi) is 4.89. The molecule has 1 saturated carbocycles. The molecular weight excluding hydrogens is 254 g/mol. The van der Waals surface area contributed by atoms with Gasteiger partial charge in [0.2, 0.25) is 0 Å². The smallest absolute Gasteiger partial charge is 0.127 e. The third-order valence-electron chi connectivity index (χ3n) is 4.03. The maximum Gasteiger partial charge on any atom is 0.127 e. The summed E-state index contributed by atoms with van der Waals surface area (Å²) in [6.45, 7) is 1.47. The van der Waals surface area contributed by atoms with E-state index in [1.165, 1.54) is 0 Å². The van der Waals surface area contributed by atoms with Crippen LogP contribution in [0.3, 0.4) is 0 Å². The van der Waals surface area contributed by atoms with Gasteiger partial charge in [0, 0.05) is 24.7 Å². The lowest BCUT2D eigenvalue weighted by Gasteiger charge is -2.29. The van der Waals surface area contributed by atoms with Crippen LogP contribution in [0.4, 0.5) is 0 Å². The van der Waals surface area contributed by atoms with Crippen LogP contribution in [0, 0.1) is 0 Å². The Morgan fingerprint density at radius 1 is 1.20 bits per heavy atom. The number of hydrogen-bond acceptors (Lipinski definition) is 4. The number of aliphatic hydroxyl groups is 1. The minimum atomic E-state index is -0.506. The number of ether oxygens (including phenoxy) is 2. The molecule has 1 aliphatic rings. The zero-order valence-corrected chi connectivity index (χ0v) is 12.7. The number of likely N-dealkylation sites (N-methyl/N-ethyl adjacent to an activating group) is 1. The SMILES string of the molecule is COc1ccc(CN(C)CC2(O)CCCC2)c(OC)c1. The minimum Gasteiger partial charge on any atom is -0.497 e. The highest BCUT2D eigenvalue weighted by molar-refractivity contribution is 5.40. The lowest BCUT2D eigenvalue weighted by molar-refractivity contribution is 0.0144. The van der Waals surface area contributed by atoms with E-state index >= 15 is 0 Å². The predicted molar refractivity (Wildman–Crippen MR) is 79.3 cm³/mol. The van der Waals surface area contributed by atoms with Crippen LogP contribution in [0.5, 0.6) is 11.5 Å². The first-order chi connectivity index (χ1) is 9.56. The van der Waals surface area contributed by atoms with E-state index in [-0.39, 0.29) is 0 Å². The quantitative estimate of drug-likeness (QED) is 0.868. The molecule has 0 saturated heterocycles. The summed E-state index contributed by atoms with van der Waals surface area (Å²) < 4.78 is 10.6. The normalized spacial score (nSPS) is 17.4. The molecule has 0 aromatic heterocycles. The number of hydrogen-bond donors (Lipinski definition) is 1. The maximum absolute atomic E-state index is 10.5. The largest absolute Gasteiger partial charge is 0.497 e. The standard InChI is InChI=1S/C16H25NO3/c1-17(12-16(18)8-4-5-9-16)11-13-6-7-14(19-2)10-15(13)20-3/h6-7,10,18H,4-5,8-9,11-12H2,1-3H3. The number of benzene rings is 1. The molecule has 1 aliphatic carbocycles. The van der Waals surface area contributed by atoms with E-state index in [1.807, 2.05) is 25.2 Å². The summed E-state index contributed by atoms with van der Waals surface area (Å²) in [5.74, 6) is 1.62. The first-order valence-electron chi connectivity index (χ1n) is 7.18. The van der Waals surface area contributed by atoms with Crippen LogP contribution < -0.4 is 9.47 Å². The van der Waals surface area contributed by atoms with Crippen LogP contribution in [0.25, 0.3) is 0 Å². The topological polar surface area (TPSA) is 41.9 Å². The number of methoxy groups -OCH3 is 2. The molecule has 0 unspecified atom stereocenters. The van der Waals surface area contributed by atoms with Gasteiger partial charge in [0.15, 0.2) is 0 Å². The van der Waals surface area contributed by atoms with Crippen molar-refractivity contribution in [3.8, 4) is 11.5 Å². The molecule has 0 radical (unpaired) electrons. The van der Waals surface area contributed by atoms with Crippen molar-refractivity contribution in [3.63, 3.8) is 0 Å². The molecule has 1 fully saturated rings. The van der Waals surface area contributed by atoms with Gasteiger partial charge in [0.25, 0.3) is 0 Å². The summed E-state index contributed by atoms with van der Waals surface area (Å²) in [5, 5.41) is 10.5. The van der Waals surface area contributed by atoms with Crippen LogP contribution in [0.1, 0.15) is 31.2 Å². The molecule has 0 bridgehead atoms. The fraction of sp³-hybridized carbons (Fsp3) is 0.625. The second-order valence-electron chi connectivity index (χ2n) is 5.78. The fourth-order valence-electron chi connectivity index (χ4n) is 3.02. The first-order valence-corrected chi connectivity index (χ1v) is 7.18. The second kappa shape index (κ2) is 6.46. The van der Waals surface area contributed by atoms with Gasteiger partial charge in [-0.3, -0.25) is 4.90 Å². The molecule has 0 spiro atoms. The van der Waals surface area contributed by atoms with Crippen molar-refractivity contribution in [1.82, 2.24) is 4.90 Å². The van der Waals surface area contributed by atoms with Crippen LogP contribution in [-0.2, 0) is 6.54 Å². The second-order valence-corrected chi connectivity index (χ2v) is 5.78. The Morgan fingerprint density at radius 2 is 1.90 bits per heavy atom. The first kappa shape index (κ1) is 15.1. The molecule has 20 heavy (non-hydrogen) atoms. The monoisotopic (exact) mass is 279 g/mol. The van der Waals surface area contributed by atoms with Crippen molar-refractivity contribution in [2.75, 3.05) is 27.8 Å². The molecule has 1 aromatic rings. The van der Waals surface area contributed by atoms with Crippen LogP contribution in [0.2, 0.25) is 0 Å². The highest BCUT2D eigenvalue weighted by Gasteiger charge is 2.32. The summed E-state index contributed by atoms with van der Waals surface area (Å²) in [6, 6.07) is 5.86. The summed E-state index contributed by atoms with van der Waals surface area (Å²) in [5.41, 5.74) is 0.603. The Morgan fingerprint density at radius 3 is 2.50 bits per heavy atom. The predicted octanol–water partition coefficient (Wildman–Crippen LogP) is 2.44. The molecule has 0 heterocycles. The van der Waals surface area contributed by atoms with E-state index < -0.39 is 5.60 Å². The Bertz CT molecular complexity index is 441. The molecule has 4 heteroatoms. The van der Waals surface area contributed by atoms with Crippen LogP contribution in [-0.4, -0.2) is 43.4 Å². The van der Waals surface area contributed by atoms with Crippen molar-refractivity contribution < 1.29 is 14.6 Å². The van der Waals surface area contributed by atoms with E-state index in [0.717, 1.165) is 49.3 Å². The van der Waals surface area contributed by atoms with Gasteiger partial charge < -0.3 is 14.6 Å². The third kappa shape index (κ3) is 3.64. The minimum absolute atomic E-state index is 0.506. The summed E-state index contributed by atoms with van der Waals surface area (Å²) in [4.78, 5) is 2.16. The van der Waals surface area contributed by atoms with E-state index in [4.69, 9.17) is 9.47 Å². The Labute approximate surface area is 121 Å². The van der Waals surface area contributed by atoms with Crippen molar-refractivity contribution in [2.24, 2.45) is 0 Å². The molecule has 1 aromatic carbocycles. The van der Waals surface area contributed by atoms with Gasteiger partial charge >= 0.3 is 0 Å². The van der Waals surface area contributed by atoms with Gasteiger partial charge in [-0.05, 0) is 26.0 Å². The molecule has 0 atom stereocenters. The van der Waals surface area contributed by atoms with Gasteiger partial charge in [-0.1, -0.05) is 18.9 Å². The van der Waals surface area contributed by atoms with Gasteiger partial charge in [-0.25, -0.2) is 0 Å². The van der Waals surface area contributed by atoms with Crippen molar-refractivity contribution >= 4 is 0 Å². The maximum atomic E-state index is 10.5. The van der Waals surface area contributed by atoms with Gasteiger partial charge in [-0.15, -0.1) is 0 Å². The highest BCUT2D eigenvalue weighted by Crippen LogP contribution is 2.31. The van der Waals surface area contributed by atoms with E-state index in [2.05, 4.69) is 4.90 Å². The van der Waals surface area contributed by atoms with Crippen LogP contribution in [0.15, 0.2) is 18.2 Å². The zero-order chi connectivity index (χ0) is 14.6. The van der Waals surface area contributed by atoms with E-state index in [9.17, 15) is 5.11 Å². The van der Waals surface area contributed by atoms with Crippen molar-refractivity contribution in [2.45, 2.75) is 37.8 Å². The molecule has 2 rings (SSSR count). The van der Waals surface area contributed by atoms with Gasteiger partial charge in [0.05, 0.1) is 19.8 Å². The molecule has 0 aliphatic heterocycles. The van der Waals surface area contributed by atoms with E-state index in [0.29, 0.717) is 6.54 Å². The third-order valence-corrected chi connectivity index (χ3v) is 4.03. The average Bonchev–Trinajstić information content (AvgIpc) is 2.85. The fourth-order valence-corrected chi connectivity index (χ4v) is 3.02. The van der Waals surface area contributed by atoms with Crippen molar-refractivity contribution in [1.29, 1.82) is 0 Å². The Balaban J connectivity index is 2.01. The van der Waals surface area contributed by atoms with Crippen molar-refractivity contribution in [3.05, 3.63) is 23.8 Å². The molecule has 1 N–H and O–H groups in total. The zero-order valence-electron chi connectivity index (χ0n) is 12.7. The molecule has 0 amide bonds. The van der Waals surface area contributed by atoms with Crippen LogP contribution >= 0.6 is 0 Å². The average molecular weight is 279 g/mol. The molecule has 112 valence electrons. The molecule has 4 nitrogen and oxygen atoms in total. The number of rotatable bonds is 6. The summed E-state index contributed by atoms with van der Waals surface area (Å²) >= 11 is 0. The summed E-state index contributed by atoms with van der Waals surface area (Å²) in [7, 11) is 5.36. The van der Waals surface area contributed by atoms with Gasteiger partial charge in [-0.2, -0.15) is 0 Å². The highest BCUT2D eigenvalue weighted by atomic mass is 16.5. The lowest BCUT2D eigenvalue weighted by atomic mass is 10.0. The Hall–Kier alpha value is -1.26.